The van der Waals surface area contributed by atoms with Crippen LogP contribution in [0.5, 0.6) is 5.75 Å². The Bertz CT molecular complexity index is 1330. The normalized spacial score (nSPS) is 14.7. The molecule has 3 heterocycles. The lowest BCUT2D eigenvalue weighted by Crippen LogP contribution is -2.42. The molecule has 1 atom stereocenters. The molecule has 0 saturated heterocycles. The van der Waals surface area contributed by atoms with E-state index in [1.54, 1.807) is 23.2 Å². The van der Waals surface area contributed by atoms with Gasteiger partial charge in [0.2, 0.25) is 12.0 Å². The summed E-state index contributed by atoms with van der Waals surface area (Å²) in [6.45, 7) is 0.748. The van der Waals surface area contributed by atoms with Gasteiger partial charge < -0.3 is 14.6 Å². The Balaban J connectivity index is 1.13. The second-order valence-corrected chi connectivity index (χ2v) is 8.31. The van der Waals surface area contributed by atoms with Crippen LogP contribution in [0.25, 0.3) is 11.5 Å². The first-order chi connectivity index (χ1) is 17.7. The molecule has 5 rings (SSSR count). The summed E-state index contributed by atoms with van der Waals surface area (Å²) < 4.78 is 11.3. The molecular weight excluding hydrogens is 458 g/mol. The molecule has 9 heteroatoms. The molecule has 1 aliphatic heterocycles. The lowest BCUT2D eigenvalue weighted by atomic mass is 10.1. The highest BCUT2D eigenvalue weighted by atomic mass is 16.5. The maximum Gasteiger partial charge on any atom is 0.274 e. The van der Waals surface area contributed by atoms with E-state index in [9.17, 15) is 9.59 Å². The van der Waals surface area contributed by atoms with Crippen LogP contribution in [0.15, 0.2) is 83.5 Å². The molecule has 1 N–H and O–H groups in total. The van der Waals surface area contributed by atoms with E-state index in [1.165, 1.54) is 0 Å². The fourth-order valence-corrected chi connectivity index (χ4v) is 4.01. The highest BCUT2D eigenvalue weighted by Gasteiger charge is 2.36. The number of carbonyl (C=O) groups is 2. The fraction of sp³-hybridized carbons (Fsp3) is 0.222. The number of nitrogens with one attached hydrogen (secondary N) is 1. The number of hydrogen-bond acceptors (Lipinski definition) is 7. The number of amides is 2. The van der Waals surface area contributed by atoms with Crippen LogP contribution in [0.1, 0.15) is 30.3 Å². The summed E-state index contributed by atoms with van der Waals surface area (Å²) in [7, 11) is 0. The Morgan fingerprint density at radius 1 is 1.00 bits per heavy atom. The molecule has 0 radical (unpaired) electrons. The van der Waals surface area contributed by atoms with Gasteiger partial charge in [0.05, 0.1) is 0 Å². The molecule has 2 amide bonds. The zero-order valence-corrected chi connectivity index (χ0v) is 19.5. The molecule has 1 aliphatic rings. The van der Waals surface area contributed by atoms with Gasteiger partial charge in [-0.25, -0.2) is 4.98 Å². The number of fused-ring (bicyclic) bond motifs is 1. The van der Waals surface area contributed by atoms with Crippen molar-refractivity contribution in [3.63, 3.8) is 0 Å². The molecule has 0 aliphatic carbocycles. The van der Waals surface area contributed by atoms with Crippen LogP contribution >= 0.6 is 0 Å². The zero-order chi connectivity index (χ0) is 24.7. The highest BCUT2D eigenvalue weighted by molar-refractivity contribution is 5.99. The first kappa shape index (κ1) is 23.2. The minimum absolute atomic E-state index is 0.108. The van der Waals surface area contributed by atoms with Crippen LogP contribution in [-0.2, 0) is 16.0 Å². The number of carbonyl (C=O) groups excluding carboxylic acids is 2. The Morgan fingerprint density at radius 3 is 2.58 bits per heavy atom. The maximum absolute atomic E-state index is 13.2. The highest BCUT2D eigenvalue weighted by Crippen LogP contribution is 2.37. The van der Waals surface area contributed by atoms with Crippen molar-refractivity contribution in [3.05, 3.63) is 90.4 Å². The summed E-state index contributed by atoms with van der Waals surface area (Å²) in [6, 6.07) is 22.5. The number of anilines is 1. The van der Waals surface area contributed by atoms with Gasteiger partial charge in [-0.05, 0) is 30.7 Å². The van der Waals surface area contributed by atoms with Gasteiger partial charge in [0.25, 0.3) is 11.8 Å². The molecule has 182 valence electrons. The smallest absolute Gasteiger partial charge is 0.274 e. The molecule has 9 nitrogen and oxygen atoms in total. The molecular formula is C27H25N5O4. The zero-order valence-electron chi connectivity index (χ0n) is 19.5. The number of pyridine rings is 1. The Labute approximate surface area is 208 Å². The first-order valence-corrected chi connectivity index (χ1v) is 11.8. The summed E-state index contributed by atoms with van der Waals surface area (Å²) in [6.07, 6.45) is 2.09. The quantitative estimate of drug-likeness (QED) is 0.386. The number of aromatic nitrogens is 3. The predicted octanol–water partition coefficient (Wildman–Crippen LogP) is 3.74. The number of hydrogen-bond donors (Lipinski definition) is 1. The predicted molar refractivity (Wildman–Crippen MR) is 132 cm³/mol. The number of ether oxygens (including phenoxy) is 1. The van der Waals surface area contributed by atoms with Crippen molar-refractivity contribution >= 4 is 17.6 Å². The van der Waals surface area contributed by atoms with E-state index in [4.69, 9.17) is 9.26 Å². The average molecular weight is 484 g/mol. The fourth-order valence-electron chi connectivity index (χ4n) is 4.01. The summed E-state index contributed by atoms with van der Waals surface area (Å²) in [5, 5.41) is 6.85. The Kier molecular flexibility index (Phi) is 6.98. The lowest BCUT2D eigenvalue weighted by molar-refractivity contribution is -0.127. The van der Waals surface area contributed by atoms with E-state index in [0.717, 1.165) is 11.1 Å². The van der Waals surface area contributed by atoms with E-state index in [0.29, 0.717) is 49.2 Å². The van der Waals surface area contributed by atoms with Crippen molar-refractivity contribution in [1.82, 2.24) is 20.4 Å². The first-order valence-electron chi connectivity index (χ1n) is 11.8. The summed E-state index contributed by atoms with van der Waals surface area (Å²) in [5.41, 5.74) is 1.63. The molecule has 2 aromatic carbocycles. The van der Waals surface area contributed by atoms with Crippen LogP contribution in [0.4, 0.5) is 5.82 Å². The third kappa shape index (κ3) is 5.25. The minimum atomic E-state index is -0.743. The summed E-state index contributed by atoms with van der Waals surface area (Å²) in [5.74, 6) is 1.70. The van der Waals surface area contributed by atoms with E-state index in [2.05, 4.69) is 20.4 Å². The Morgan fingerprint density at radius 2 is 1.78 bits per heavy atom. The van der Waals surface area contributed by atoms with Gasteiger partial charge in [-0.15, -0.1) is 0 Å². The van der Waals surface area contributed by atoms with Gasteiger partial charge in [0.15, 0.2) is 17.4 Å². The number of benzene rings is 2. The number of nitrogens with zero attached hydrogens (tertiary/aromatic N) is 4. The van der Waals surface area contributed by atoms with Crippen LogP contribution in [0.3, 0.4) is 0 Å². The van der Waals surface area contributed by atoms with Crippen LogP contribution in [0.2, 0.25) is 0 Å². The van der Waals surface area contributed by atoms with Gasteiger partial charge in [0, 0.05) is 43.3 Å². The van der Waals surface area contributed by atoms with Crippen molar-refractivity contribution in [3.8, 4) is 17.2 Å². The maximum atomic E-state index is 13.2. The van der Waals surface area contributed by atoms with Crippen LogP contribution < -0.4 is 15.0 Å². The summed E-state index contributed by atoms with van der Waals surface area (Å²) in [4.78, 5) is 35.9. The van der Waals surface area contributed by atoms with Crippen molar-refractivity contribution in [2.45, 2.75) is 25.4 Å². The molecule has 1 unspecified atom stereocenters. The molecule has 2 aromatic heterocycles. The standard InChI is InChI=1S/C27H25N5O4/c33-23(28-17-15-22-30-26(36-31-22)20-11-5-2-6-12-20)14-8-18-32-25-21(13-7-16-29-25)35-24(27(32)34)19-9-3-1-4-10-19/h1-7,9-13,16,24H,8,14-15,17-18H2,(H,28,33). The SMILES string of the molecule is O=C(CCCN1C(=O)C(c2ccccc2)Oc2cccnc21)NCCc1noc(-c2ccccc2)n1. The second kappa shape index (κ2) is 10.8. The van der Waals surface area contributed by atoms with E-state index >= 15 is 0 Å². The van der Waals surface area contributed by atoms with Crippen LogP contribution in [0, 0.1) is 0 Å². The average Bonchev–Trinajstić information content (AvgIpc) is 3.40. The Hall–Kier alpha value is -4.53. The molecule has 36 heavy (non-hydrogen) atoms. The molecule has 0 fully saturated rings. The van der Waals surface area contributed by atoms with E-state index < -0.39 is 6.10 Å². The van der Waals surface area contributed by atoms with Gasteiger partial charge in [0.1, 0.15) is 0 Å². The minimum Gasteiger partial charge on any atom is -0.472 e. The van der Waals surface area contributed by atoms with Gasteiger partial charge in [-0.2, -0.15) is 4.98 Å². The van der Waals surface area contributed by atoms with Gasteiger partial charge >= 0.3 is 0 Å². The van der Waals surface area contributed by atoms with Gasteiger partial charge in [-0.3, -0.25) is 14.5 Å². The van der Waals surface area contributed by atoms with E-state index in [1.807, 2.05) is 60.7 Å². The van der Waals surface area contributed by atoms with Crippen molar-refractivity contribution in [2.24, 2.45) is 0 Å². The van der Waals surface area contributed by atoms with Crippen molar-refractivity contribution in [1.29, 1.82) is 0 Å². The topological polar surface area (TPSA) is 110 Å². The van der Waals surface area contributed by atoms with Gasteiger partial charge in [-0.1, -0.05) is 53.7 Å². The molecule has 0 saturated carbocycles. The summed E-state index contributed by atoms with van der Waals surface area (Å²) >= 11 is 0. The van der Waals surface area contributed by atoms with Crippen molar-refractivity contribution < 1.29 is 18.8 Å². The van der Waals surface area contributed by atoms with E-state index in [-0.39, 0.29) is 18.2 Å². The van der Waals surface area contributed by atoms with Crippen molar-refractivity contribution in [2.75, 3.05) is 18.0 Å². The van der Waals surface area contributed by atoms with Crippen LogP contribution in [-0.4, -0.2) is 40.0 Å². The second-order valence-electron chi connectivity index (χ2n) is 8.31. The lowest BCUT2D eigenvalue weighted by Gasteiger charge is -2.33. The third-order valence-electron chi connectivity index (χ3n) is 5.79. The molecule has 0 spiro atoms. The largest absolute Gasteiger partial charge is 0.472 e. The number of rotatable bonds is 9. The molecule has 0 bridgehead atoms. The monoisotopic (exact) mass is 483 g/mol. The third-order valence-corrected chi connectivity index (χ3v) is 5.79. The molecule has 4 aromatic rings.